The molecule has 7 heteroatoms. The molecule has 0 radical (unpaired) electrons. The lowest BCUT2D eigenvalue weighted by Crippen LogP contribution is -2.30. The van der Waals surface area contributed by atoms with Crippen LogP contribution in [0.1, 0.15) is 43.6 Å². The van der Waals surface area contributed by atoms with Gasteiger partial charge in [-0.05, 0) is 37.3 Å². The molecule has 0 aromatic heterocycles. The molecule has 0 saturated carbocycles. The second-order valence-corrected chi connectivity index (χ2v) is 6.72. The number of benzene rings is 3. The highest BCUT2D eigenvalue weighted by Gasteiger charge is 2.23. The first kappa shape index (κ1) is 21.4. The van der Waals surface area contributed by atoms with E-state index in [1.165, 1.54) is 43.3 Å². The van der Waals surface area contributed by atoms with E-state index in [2.05, 4.69) is 5.32 Å². The smallest absolute Gasteiger partial charge is 0.339 e. The Morgan fingerprint density at radius 2 is 1.35 bits per heavy atom. The molecule has 7 nitrogen and oxygen atoms in total. The van der Waals surface area contributed by atoms with Gasteiger partial charge in [-0.2, -0.15) is 0 Å². The third kappa shape index (κ3) is 5.22. The van der Waals surface area contributed by atoms with Crippen molar-refractivity contribution < 1.29 is 23.9 Å². The SMILES string of the molecule is C[C@@H](OC(=O)c1ccccc1C(=O)c1ccccc1)C(=O)Nc1ccc(C(N)=O)cc1. The molecule has 1 atom stereocenters. The summed E-state index contributed by atoms with van der Waals surface area (Å²) in [4.78, 5) is 49.0. The number of amides is 2. The first-order chi connectivity index (χ1) is 14.9. The van der Waals surface area contributed by atoms with Gasteiger partial charge in [0.1, 0.15) is 0 Å². The number of carbonyl (C=O) groups excluding carboxylic acids is 4. The molecule has 3 aromatic carbocycles. The van der Waals surface area contributed by atoms with Gasteiger partial charge in [0, 0.05) is 22.4 Å². The lowest BCUT2D eigenvalue weighted by molar-refractivity contribution is -0.123. The highest BCUT2D eigenvalue weighted by Crippen LogP contribution is 2.17. The second-order valence-electron chi connectivity index (χ2n) is 6.72. The number of esters is 1. The number of primary amides is 1. The van der Waals surface area contributed by atoms with Gasteiger partial charge in [-0.15, -0.1) is 0 Å². The Labute approximate surface area is 178 Å². The molecule has 3 aromatic rings. The van der Waals surface area contributed by atoms with Crippen molar-refractivity contribution in [2.24, 2.45) is 5.73 Å². The highest BCUT2D eigenvalue weighted by atomic mass is 16.5. The van der Waals surface area contributed by atoms with Crippen molar-refractivity contribution >= 4 is 29.3 Å². The highest BCUT2D eigenvalue weighted by molar-refractivity contribution is 6.14. The Morgan fingerprint density at radius 3 is 1.97 bits per heavy atom. The van der Waals surface area contributed by atoms with Crippen LogP contribution in [-0.4, -0.2) is 29.7 Å². The fourth-order valence-electron chi connectivity index (χ4n) is 2.84. The lowest BCUT2D eigenvalue weighted by Gasteiger charge is -2.15. The summed E-state index contributed by atoms with van der Waals surface area (Å²) >= 11 is 0. The maximum Gasteiger partial charge on any atom is 0.339 e. The maximum absolute atomic E-state index is 12.8. The van der Waals surface area contributed by atoms with Crippen molar-refractivity contribution in [3.63, 3.8) is 0 Å². The largest absolute Gasteiger partial charge is 0.449 e. The van der Waals surface area contributed by atoms with E-state index in [1.807, 2.05) is 0 Å². The molecular weight excluding hydrogens is 396 g/mol. The van der Waals surface area contributed by atoms with Crippen molar-refractivity contribution in [2.45, 2.75) is 13.0 Å². The fraction of sp³-hybridized carbons (Fsp3) is 0.0833. The summed E-state index contributed by atoms with van der Waals surface area (Å²) in [5.74, 6) is -2.25. The van der Waals surface area contributed by atoms with Crippen LogP contribution in [0.4, 0.5) is 5.69 Å². The molecule has 2 amide bonds. The number of nitrogens with two attached hydrogens (primary N) is 1. The molecule has 0 aliphatic carbocycles. The fourth-order valence-corrected chi connectivity index (χ4v) is 2.84. The average molecular weight is 416 g/mol. The summed E-state index contributed by atoms with van der Waals surface area (Å²) in [7, 11) is 0. The summed E-state index contributed by atoms with van der Waals surface area (Å²) in [6.45, 7) is 1.42. The number of anilines is 1. The first-order valence-electron chi connectivity index (χ1n) is 9.47. The summed E-state index contributed by atoms with van der Waals surface area (Å²) in [6, 6.07) is 20.8. The molecule has 0 unspecified atom stereocenters. The predicted molar refractivity (Wildman–Crippen MR) is 115 cm³/mol. The van der Waals surface area contributed by atoms with Gasteiger partial charge in [-0.1, -0.05) is 48.5 Å². The Kier molecular flexibility index (Phi) is 6.57. The number of hydrogen-bond acceptors (Lipinski definition) is 5. The Morgan fingerprint density at radius 1 is 0.774 bits per heavy atom. The normalized spacial score (nSPS) is 11.3. The van der Waals surface area contributed by atoms with Gasteiger partial charge in [0.05, 0.1) is 5.56 Å². The molecule has 31 heavy (non-hydrogen) atoms. The van der Waals surface area contributed by atoms with Crippen LogP contribution in [0.2, 0.25) is 0 Å². The van der Waals surface area contributed by atoms with Crippen LogP contribution in [0.25, 0.3) is 0 Å². The van der Waals surface area contributed by atoms with Crippen molar-refractivity contribution in [3.05, 3.63) is 101 Å². The van der Waals surface area contributed by atoms with Crippen molar-refractivity contribution in [3.8, 4) is 0 Å². The minimum atomic E-state index is -1.12. The van der Waals surface area contributed by atoms with E-state index in [4.69, 9.17) is 10.5 Å². The Bertz CT molecular complexity index is 1120. The summed E-state index contributed by atoms with van der Waals surface area (Å²) < 4.78 is 5.28. The van der Waals surface area contributed by atoms with Gasteiger partial charge in [-0.3, -0.25) is 14.4 Å². The minimum Gasteiger partial charge on any atom is -0.449 e. The molecule has 0 heterocycles. The quantitative estimate of drug-likeness (QED) is 0.453. The minimum absolute atomic E-state index is 0.0711. The monoisotopic (exact) mass is 416 g/mol. The molecular formula is C24H20N2O5. The van der Waals surface area contributed by atoms with Crippen LogP contribution in [0.5, 0.6) is 0 Å². The maximum atomic E-state index is 12.8. The van der Waals surface area contributed by atoms with Gasteiger partial charge in [0.25, 0.3) is 5.91 Å². The van der Waals surface area contributed by atoms with Gasteiger partial charge < -0.3 is 15.8 Å². The molecule has 0 bridgehead atoms. The molecule has 3 N–H and O–H groups in total. The summed E-state index contributed by atoms with van der Waals surface area (Å²) in [5.41, 5.74) is 6.60. The number of ketones is 1. The predicted octanol–water partition coefficient (Wildman–Crippen LogP) is 3.20. The van der Waals surface area contributed by atoms with Gasteiger partial charge in [-0.25, -0.2) is 4.79 Å². The first-order valence-corrected chi connectivity index (χ1v) is 9.47. The summed E-state index contributed by atoms with van der Waals surface area (Å²) in [5, 5.41) is 2.59. The zero-order chi connectivity index (χ0) is 22.4. The zero-order valence-electron chi connectivity index (χ0n) is 16.7. The van der Waals surface area contributed by atoms with Gasteiger partial charge in [0.15, 0.2) is 11.9 Å². The number of ether oxygens (including phenoxy) is 1. The average Bonchev–Trinajstić information content (AvgIpc) is 2.79. The molecule has 156 valence electrons. The Hall–Kier alpha value is -4.26. The summed E-state index contributed by atoms with van der Waals surface area (Å²) in [6.07, 6.45) is -1.12. The van der Waals surface area contributed by atoms with Gasteiger partial charge >= 0.3 is 5.97 Å². The number of carbonyl (C=O) groups is 4. The molecule has 0 aliphatic heterocycles. The van der Waals surface area contributed by atoms with Crippen molar-refractivity contribution in [1.82, 2.24) is 0 Å². The molecule has 3 rings (SSSR count). The van der Waals surface area contributed by atoms with E-state index in [1.54, 1.807) is 42.5 Å². The number of nitrogens with one attached hydrogen (secondary N) is 1. The third-order valence-corrected chi connectivity index (χ3v) is 4.52. The number of rotatable bonds is 7. The van der Waals surface area contributed by atoms with Crippen LogP contribution in [0.3, 0.4) is 0 Å². The van der Waals surface area contributed by atoms with Crippen LogP contribution < -0.4 is 11.1 Å². The van der Waals surface area contributed by atoms with E-state index >= 15 is 0 Å². The van der Waals surface area contributed by atoms with E-state index < -0.39 is 23.9 Å². The van der Waals surface area contributed by atoms with Crippen molar-refractivity contribution in [2.75, 3.05) is 5.32 Å². The van der Waals surface area contributed by atoms with E-state index in [-0.39, 0.29) is 16.9 Å². The standard InChI is InChI=1S/C24H20N2O5/c1-15(23(29)26-18-13-11-17(12-14-18)22(25)28)31-24(30)20-10-6-5-9-19(20)21(27)16-7-3-2-4-8-16/h2-15H,1H3,(H2,25,28)(H,26,29)/t15-/m1/s1. The Balaban J connectivity index is 1.70. The molecule has 0 spiro atoms. The van der Waals surface area contributed by atoms with E-state index in [9.17, 15) is 19.2 Å². The van der Waals surface area contributed by atoms with Crippen LogP contribution in [0.15, 0.2) is 78.9 Å². The van der Waals surface area contributed by atoms with Gasteiger partial charge in [0.2, 0.25) is 5.91 Å². The van der Waals surface area contributed by atoms with Crippen LogP contribution >= 0.6 is 0 Å². The second kappa shape index (κ2) is 9.49. The lowest BCUT2D eigenvalue weighted by atomic mass is 9.98. The topological polar surface area (TPSA) is 116 Å². The van der Waals surface area contributed by atoms with Crippen molar-refractivity contribution in [1.29, 1.82) is 0 Å². The molecule has 0 fully saturated rings. The molecule has 0 saturated heterocycles. The van der Waals surface area contributed by atoms with Crippen LogP contribution in [0, 0.1) is 0 Å². The van der Waals surface area contributed by atoms with Crippen LogP contribution in [-0.2, 0) is 9.53 Å². The van der Waals surface area contributed by atoms with E-state index in [0.29, 0.717) is 16.8 Å². The third-order valence-electron chi connectivity index (χ3n) is 4.52. The van der Waals surface area contributed by atoms with E-state index in [0.717, 1.165) is 0 Å². The zero-order valence-corrected chi connectivity index (χ0v) is 16.7. The molecule has 0 aliphatic rings. The number of hydrogen-bond donors (Lipinski definition) is 2.